The van der Waals surface area contributed by atoms with E-state index in [0.29, 0.717) is 12.0 Å². The maximum absolute atomic E-state index is 9.42. The van der Waals surface area contributed by atoms with Gasteiger partial charge in [0.2, 0.25) is 0 Å². The molecule has 112 valence electrons. The lowest BCUT2D eigenvalue weighted by Gasteiger charge is -2.29. The van der Waals surface area contributed by atoms with Crippen molar-refractivity contribution in [3.8, 4) is 11.5 Å². The maximum Gasteiger partial charge on any atom is 0.159 e. The van der Waals surface area contributed by atoms with Crippen molar-refractivity contribution >= 4 is 0 Å². The van der Waals surface area contributed by atoms with Gasteiger partial charge in [0, 0.05) is 37.7 Å². The highest BCUT2D eigenvalue weighted by molar-refractivity contribution is 5.49. The molecule has 0 bridgehead atoms. The number of aliphatic hydroxyl groups excluding tert-OH is 1. The summed E-state index contributed by atoms with van der Waals surface area (Å²) in [5.74, 6) is 2.17. The average molecular weight is 286 g/mol. The van der Waals surface area contributed by atoms with Crippen LogP contribution < -0.4 is 0 Å². The molecule has 3 rings (SSSR count). The molecule has 5 heteroatoms. The molecule has 2 heterocycles. The third kappa shape index (κ3) is 2.97. The van der Waals surface area contributed by atoms with Crippen molar-refractivity contribution in [2.24, 2.45) is 5.92 Å². The summed E-state index contributed by atoms with van der Waals surface area (Å²) >= 11 is 0. The van der Waals surface area contributed by atoms with E-state index in [0.717, 1.165) is 49.4 Å². The lowest BCUT2D eigenvalue weighted by atomic mass is 9.86. The molecular formula is C16H22N4O. The van der Waals surface area contributed by atoms with Crippen LogP contribution in [0.15, 0.2) is 24.7 Å². The molecule has 0 radical (unpaired) electrons. The van der Waals surface area contributed by atoms with E-state index in [9.17, 15) is 5.11 Å². The Morgan fingerprint density at radius 1 is 1.29 bits per heavy atom. The molecule has 0 saturated heterocycles. The minimum atomic E-state index is 0.286. The Labute approximate surface area is 125 Å². The van der Waals surface area contributed by atoms with Crippen molar-refractivity contribution in [2.45, 2.75) is 45.1 Å². The molecule has 0 aliphatic heterocycles. The fourth-order valence-corrected chi connectivity index (χ4v) is 3.18. The molecule has 21 heavy (non-hydrogen) atoms. The normalized spacial score (nSPS) is 22.4. The van der Waals surface area contributed by atoms with Crippen LogP contribution in [-0.4, -0.2) is 31.2 Å². The first-order valence-corrected chi connectivity index (χ1v) is 7.77. The van der Waals surface area contributed by atoms with Crippen molar-refractivity contribution in [1.29, 1.82) is 0 Å². The van der Waals surface area contributed by atoms with Gasteiger partial charge in [-0.2, -0.15) is 0 Å². The van der Waals surface area contributed by atoms with Gasteiger partial charge in [-0.05, 0) is 31.2 Å². The second-order valence-electron chi connectivity index (χ2n) is 5.74. The summed E-state index contributed by atoms with van der Waals surface area (Å²) in [5.41, 5.74) is 0.887. The number of hydrogen-bond acceptors (Lipinski definition) is 4. The quantitative estimate of drug-likeness (QED) is 0.938. The van der Waals surface area contributed by atoms with Gasteiger partial charge in [-0.3, -0.25) is 0 Å². The molecule has 2 atom stereocenters. The zero-order chi connectivity index (χ0) is 14.7. The largest absolute Gasteiger partial charge is 0.396 e. The molecule has 0 aromatic carbocycles. The number of imidazole rings is 1. The van der Waals surface area contributed by atoms with Crippen LogP contribution in [0, 0.1) is 5.92 Å². The van der Waals surface area contributed by atoms with Crippen LogP contribution in [0.3, 0.4) is 0 Å². The Hall–Kier alpha value is -1.75. The topological polar surface area (TPSA) is 63.8 Å². The predicted molar refractivity (Wildman–Crippen MR) is 80.7 cm³/mol. The van der Waals surface area contributed by atoms with Crippen molar-refractivity contribution in [3.63, 3.8) is 0 Å². The monoisotopic (exact) mass is 286 g/mol. The lowest BCUT2D eigenvalue weighted by molar-refractivity contribution is 0.163. The van der Waals surface area contributed by atoms with E-state index in [4.69, 9.17) is 0 Å². The molecule has 1 aliphatic rings. The summed E-state index contributed by atoms with van der Waals surface area (Å²) in [4.78, 5) is 13.3. The van der Waals surface area contributed by atoms with Gasteiger partial charge in [-0.1, -0.05) is 13.3 Å². The van der Waals surface area contributed by atoms with Crippen molar-refractivity contribution in [3.05, 3.63) is 30.5 Å². The van der Waals surface area contributed by atoms with Crippen molar-refractivity contribution < 1.29 is 5.11 Å². The number of rotatable bonds is 4. The standard InChI is InChI=1S/C16H22N4O/c1-2-15-17-7-6-14(19-15)16-18-8-9-20(16)13-5-3-4-12(10-13)11-21/h6-9,12-13,21H,2-5,10-11H2,1H3/t12-,13+/m0/s1. The third-order valence-corrected chi connectivity index (χ3v) is 4.33. The Kier molecular flexibility index (Phi) is 4.29. The second-order valence-corrected chi connectivity index (χ2v) is 5.74. The van der Waals surface area contributed by atoms with Gasteiger partial charge < -0.3 is 9.67 Å². The second kappa shape index (κ2) is 6.35. The number of aryl methyl sites for hydroxylation is 1. The zero-order valence-electron chi connectivity index (χ0n) is 12.4. The van der Waals surface area contributed by atoms with Crippen molar-refractivity contribution in [1.82, 2.24) is 19.5 Å². The Balaban J connectivity index is 1.89. The van der Waals surface area contributed by atoms with Gasteiger partial charge in [-0.15, -0.1) is 0 Å². The van der Waals surface area contributed by atoms with Crippen LogP contribution in [0.25, 0.3) is 11.5 Å². The Bertz CT molecular complexity index is 595. The molecule has 2 aromatic rings. The number of aliphatic hydroxyl groups is 1. The van der Waals surface area contributed by atoms with E-state index < -0.39 is 0 Å². The Morgan fingerprint density at radius 3 is 3.00 bits per heavy atom. The molecule has 0 amide bonds. The highest BCUT2D eigenvalue weighted by Crippen LogP contribution is 2.34. The summed E-state index contributed by atoms with van der Waals surface area (Å²) in [6, 6.07) is 2.33. The molecular weight excluding hydrogens is 264 g/mol. The summed E-state index contributed by atoms with van der Waals surface area (Å²) in [5, 5.41) is 9.42. The van der Waals surface area contributed by atoms with Gasteiger partial charge >= 0.3 is 0 Å². The number of hydrogen-bond donors (Lipinski definition) is 1. The van der Waals surface area contributed by atoms with Crippen molar-refractivity contribution in [2.75, 3.05) is 6.61 Å². The van der Waals surface area contributed by atoms with Crippen LogP contribution in [-0.2, 0) is 6.42 Å². The summed E-state index contributed by atoms with van der Waals surface area (Å²) < 4.78 is 2.23. The van der Waals surface area contributed by atoms with Gasteiger partial charge in [-0.25, -0.2) is 15.0 Å². The van der Waals surface area contributed by atoms with Crippen LogP contribution in [0.4, 0.5) is 0 Å². The molecule has 5 nitrogen and oxygen atoms in total. The zero-order valence-corrected chi connectivity index (χ0v) is 12.4. The van der Waals surface area contributed by atoms with E-state index in [1.165, 1.54) is 0 Å². The fourth-order valence-electron chi connectivity index (χ4n) is 3.18. The highest BCUT2D eigenvalue weighted by Gasteiger charge is 2.24. The first-order valence-electron chi connectivity index (χ1n) is 7.77. The minimum absolute atomic E-state index is 0.286. The van der Waals surface area contributed by atoms with E-state index in [-0.39, 0.29) is 6.61 Å². The first kappa shape index (κ1) is 14.2. The number of aromatic nitrogens is 4. The van der Waals surface area contributed by atoms with Crippen LogP contribution in [0.5, 0.6) is 0 Å². The van der Waals surface area contributed by atoms with E-state index in [1.807, 2.05) is 18.5 Å². The molecule has 1 aliphatic carbocycles. The Morgan fingerprint density at radius 2 is 2.19 bits per heavy atom. The SMILES string of the molecule is CCc1nccc(-c2nccn2[C@@H]2CCC[C@H](CO)C2)n1. The van der Waals surface area contributed by atoms with Gasteiger partial charge in [0.05, 0.1) is 0 Å². The van der Waals surface area contributed by atoms with Crippen LogP contribution >= 0.6 is 0 Å². The molecule has 1 N–H and O–H groups in total. The maximum atomic E-state index is 9.42. The molecule has 0 spiro atoms. The van der Waals surface area contributed by atoms with Gasteiger partial charge in [0.15, 0.2) is 5.82 Å². The first-order chi connectivity index (χ1) is 10.3. The van der Waals surface area contributed by atoms with E-state index in [2.05, 4.69) is 26.4 Å². The minimum Gasteiger partial charge on any atom is -0.396 e. The summed E-state index contributed by atoms with van der Waals surface area (Å²) in [6.07, 6.45) is 11.0. The number of nitrogens with zero attached hydrogens (tertiary/aromatic N) is 4. The van der Waals surface area contributed by atoms with Gasteiger partial charge in [0.1, 0.15) is 11.5 Å². The van der Waals surface area contributed by atoms with Crippen LogP contribution in [0.1, 0.15) is 44.5 Å². The van der Waals surface area contributed by atoms with E-state index >= 15 is 0 Å². The average Bonchev–Trinajstić information content (AvgIpc) is 3.04. The molecule has 2 aromatic heterocycles. The fraction of sp³-hybridized carbons (Fsp3) is 0.562. The smallest absolute Gasteiger partial charge is 0.159 e. The molecule has 1 saturated carbocycles. The predicted octanol–water partition coefficient (Wildman–Crippen LogP) is 2.63. The highest BCUT2D eigenvalue weighted by atomic mass is 16.3. The van der Waals surface area contributed by atoms with Crippen LogP contribution in [0.2, 0.25) is 0 Å². The van der Waals surface area contributed by atoms with E-state index in [1.54, 1.807) is 6.20 Å². The summed E-state index contributed by atoms with van der Waals surface area (Å²) in [6.45, 7) is 2.34. The summed E-state index contributed by atoms with van der Waals surface area (Å²) in [7, 11) is 0. The molecule has 0 unspecified atom stereocenters. The van der Waals surface area contributed by atoms with Gasteiger partial charge in [0.25, 0.3) is 0 Å². The lowest BCUT2D eigenvalue weighted by Crippen LogP contribution is -2.21. The molecule has 1 fully saturated rings. The third-order valence-electron chi connectivity index (χ3n) is 4.33.